The lowest BCUT2D eigenvalue weighted by atomic mass is 10.0. The van der Waals surface area contributed by atoms with Crippen LogP contribution in [0.25, 0.3) is 11.3 Å². The van der Waals surface area contributed by atoms with Crippen LogP contribution in [0.15, 0.2) is 53.6 Å². The van der Waals surface area contributed by atoms with Crippen molar-refractivity contribution in [2.75, 3.05) is 0 Å². The molecule has 4 nitrogen and oxygen atoms in total. The van der Waals surface area contributed by atoms with E-state index in [-0.39, 0.29) is 36.0 Å². The number of halogens is 7. The zero-order valence-corrected chi connectivity index (χ0v) is 15.5. The minimum atomic E-state index is -4.95. The molecular formula is C20H14F7N3O. The van der Waals surface area contributed by atoms with E-state index in [1.54, 1.807) is 0 Å². The van der Waals surface area contributed by atoms with Crippen LogP contribution in [0, 0.1) is 5.82 Å². The molecule has 0 aliphatic heterocycles. The molecule has 1 heterocycles. The molecule has 0 saturated heterocycles. The van der Waals surface area contributed by atoms with Gasteiger partial charge in [-0.25, -0.2) is 9.37 Å². The fourth-order valence-corrected chi connectivity index (χ4v) is 2.90. The highest BCUT2D eigenvalue weighted by atomic mass is 19.4. The van der Waals surface area contributed by atoms with Gasteiger partial charge in [-0.15, -0.1) is 0 Å². The Morgan fingerprint density at radius 1 is 0.871 bits per heavy atom. The summed E-state index contributed by atoms with van der Waals surface area (Å²) in [5.41, 5.74) is -2.94. The lowest BCUT2D eigenvalue weighted by molar-refractivity contribution is -0.143. The van der Waals surface area contributed by atoms with Crippen LogP contribution in [-0.4, -0.2) is 9.97 Å². The first-order chi connectivity index (χ1) is 14.4. The van der Waals surface area contributed by atoms with Crippen molar-refractivity contribution in [3.8, 4) is 11.3 Å². The Morgan fingerprint density at radius 3 is 2.00 bits per heavy atom. The van der Waals surface area contributed by atoms with E-state index in [2.05, 4.69) is 15.3 Å². The number of nitrogens with one attached hydrogen (secondary N) is 2. The standard InChI is InChI=1S/C20H14F7N3O/c21-15-3-1-12(2-4-15)17-16(18(31)30-10-29-17)9-28-8-11-5-13(19(22,23)24)7-14(6-11)20(25,26)27/h1-7,10,28H,8-9H2,(H,29,30,31). The van der Waals surface area contributed by atoms with Crippen molar-refractivity contribution >= 4 is 0 Å². The Balaban J connectivity index is 1.85. The van der Waals surface area contributed by atoms with Crippen molar-refractivity contribution in [3.05, 3.63) is 87.2 Å². The van der Waals surface area contributed by atoms with Gasteiger partial charge in [-0.2, -0.15) is 26.3 Å². The van der Waals surface area contributed by atoms with Crippen molar-refractivity contribution in [2.45, 2.75) is 25.4 Å². The number of aromatic amines is 1. The first kappa shape index (κ1) is 22.5. The van der Waals surface area contributed by atoms with E-state index in [0.717, 1.165) is 18.5 Å². The molecule has 31 heavy (non-hydrogen) atoms. The second-order valence-electron chi connectivity index (χ2n) is 6.58. The molecule has 2 N–H and O–H groups in total. The third-order valence-electron chi connectivity index (χ3n) is 4.35. The smallest absolute Gasteiger partial charge is 0.313 e. The molecule has 0 atom stereocenters. The van der Waals surface area contributed by atoms with Crippen LogP contribution in [0.5, 0.6) is 0 Å². The van der Waals surface area contributed by atoms with Gasteiger partial charge in [-0.1, -0.05) is 0 Å². The molecular weight excluding hydrogens is 431 g/mol. The number of benzene rings is 2. The summed E-state index contributed by atoms with van der Waals surface area (Å²) in [6.45, 7) is -0.572. The molecule has 2 aromatic carbocycles. The summed E-state index contributed by atoms with van der Waals surface area (Å²) in [4.78, 5) is 18.6. The van der Waals surface area contributed by atoms with Gasteiger partial charge in [-0.3, -0.25) is 4.79 Å². The fraction of sp³-hybridized carbons (Fsp3) is 0.200. The molecule has 0 bridgehead atoms. The Labute approximate surface area is 170 Å². The topological polar surface area (TPSA) is 57.8 Å². The van der Waals surface area contributed by atoms with Crippen LogP contribution >= 0.6 is 0 Å². The van der Waals surface area contributed by atoms with Crippen molar-refractivity contribution in [1.29, 1.82) is 0 Å². The van der Waals surface area contributed by atoms with Gasteiger partial charge in [0.15, 0.2) is 0 Å². The lowest BCUT2D eigenvalue weighted by Gasteiger charge is -2.15. The average molecular weight is 445 g/mol. The van der Waals surface area contributed by atoms with Gasteiger partial charge >= 0.3 is 12.4 Å². The molecule has 0 aliphatic rings. The summed E-state index contributed by atoms with van der Waals surface area (Å²) < 4.78 is 91.0. The SMILES string of the molecule is O=c1[nH]cnc(-c2ccc(F)cc2)c1CNCc1cc(C(F)(F)F)cc(C(F)(F)F)c1. The van der Waals surface area contributed by atoms with E-state index in [4.69, 9.17) is 0 Å². The summed E-state index contributed by atoms with van der Waals surface area (Å²) in [6, 6.07) is 6.37. The fourth-order valence-electron chi connectivity index (χ4n) is 2.90. The second kappa shape index (κ2) is 8.50. The van der Waals surface area contributed by atoms with E-state index >= 15 is 0 Å². The molecule has 0 fully saturated rings. The summed E-state index contributed by atoms with van der Waals surface area (Å²) in [5, 5.41) is 2.67. The molecule has 3 aromatic rings. The molecule has 3 rings (SSSR count). The maximum Gasteiger partial charge on any atom is 0.416 e. The molecule has 1 aromatic heterocycles. The third-order valence-corrected chi connectivity index (χ3v) is 4.35. The van der Waals surface area contributed by atoms with Crippen molar-refractivity contribution in [1.82, 2.24) is 15.3 Å². The van der Waals surface area contributed by atoms with E-state index in [9.17, 15) is 35.5 Å². The van der Waals surface area contributed by atoms with Crippen molar-refractivity contribution < 1.29 is 30.7 Å². The predicted molar refractivity (Wildman–Crippen MR) is 97.2 cm³/mol. The zero-order chi connectivity index (χ0) is 22.8. The maximum absolute atomic E-state index is 13.1. The van der Waals surface area contributed by atoms with Gasteiger partial charge in [0.2, 0.25) is 0 Å². The quantitative estimate of drug-likeness (QED) is 0.550. The predicted octanol–water partition coefficient (Wildman–Crippen LogP) is 4.90. The van der Waals surface area contributed by atoms with E-state index < -0.39 is 34.9 Å². The normalized spacial score (nSPS) is 12.2. The highest BCUT2D eigenvalue weighted by molar-refractivity contribution is 5.62. The second-order valence-corrected chi connectivity index (χ2v) is 6.58. The number of hydrogen-bond acceptors (Lipinski definition) is 3. The molecule has 0 unspecified atom stereocenters. The number of hydrogen-bond donors (Lipinski definition) is 2. The molecule has 0 saturated carbocycles. The van der Waals surface area contributed by atoms with Gasteiger partial charge in [0.25, 0.3) is 5.56 Å². The highest BCUT2D eigenvalue weighted by Gasteiger charge is 2.36. The number of aromatic nitrogens is 2. The van der Waals surface area contributed by atoms with E-state index in [1.807, 2.05) is 0 Å². The average Bonchev–Trinajstić information content (AvgIpc) is 2.68. The summed E-state index contributed by atoms with van der Waals surface area (Å²) >= 11 is 0. The molecule has 0 aliphatic carbocycles. The van der Waals surface area contributed by atoms with Gasteiger partial charge in [0.1, 0.15) is 5.82 Å². The van der Waals surface area contributed by atoms with Crippen LogP contribution < -0.4 is 10.9 Å². The lowest BCUT2D eigenvalue weighted by Crippen LogP contribution is -2.23. The zero-order valence-electron chi connectivity index (χ0n) is 15.5. The molecule has 0 amide bonds. The van der Waals surface area contributed by atoms with Crippen LogP contribution in [0.2, 0.25) is 0 Å². The highest BCUT2D eigenvalue weighted by Crippen LogP contribution is 2.36. The summed E-state index contributed by atoms with van der Waals surface area (Å²) in [7, 11) is 0. The number of nitrogens with zero attached hydrogens (tertiary/aromatic N) is 1. The van der Waals surface area contributed by atoms with Gasteiger partial charge in [0.05, 0.1) is 28.7 Å². The first-order valence-electron chi connectivity index (χ1n) is 8.77. The Bertz CT molecular complexity index is 1090. The van der Waals surface area contributed by atoms with Crippen LogP contribution in [0.4, 0.5) is 30.7 Å². The largest absolute Gasteiger partial charge is 0.416 e. The summed E-state index contributed by atoms with van der Waals surface area (Å²) in [6.07, 6.45) is -8.77. The minimum absolute atomic E-state index is 0.0436. The van der Waals surface area contributed by atoms with E-state index in [1.165, 1.54) is 12.1 Å². The van der Waals surface area contributed by atoms with Crippen molar-refractivity contribution in [3.63, 3.8) is 0 Å². The first-order valence-corrected chi connectivity index (χ1v) is 8.77. The molecule has 0 radical (unpaired) electrons. The molecule has 164 valence electrons. The van der Waals surface area contributed by atoms with Crippen molar-refractivity contribution in [2.24, 2.45) is 0 Å². The van der Waals surface area contributed by atoms with Crippen LogP contribution in [0.3, 0.4) is 0 Å². The molecule has 0 spiro atoms. The Morgan fingerprint density at radius 2 is 1.45 bits per heavy atom. The number of alkyl halides is 6. The minimum Gasteiger partial charge on any atom is -0.313 e. The Hall–Kier alpha value is -3.21. The summed E-state index contributed by atoms with van der Waals surface area (Å²) in [5.74, 6) is -0.502. The Kier molecular flexibility index (Phi) is 6.16. The van der Waals surface area contributed by atoms with E-state index in [0.29, 0.717) is 17.7 Å². The number of rotatable bonds is 5. The molecule has 11 heteroatoms. The van der Waals surface area contributed by atoms with Gasteiger partial charge < -0.3 is 10.3 Å². The third kappa shape index (κ3) is 5.48. The van der Waals surface area contributed by atoms with Crippen LogP contribution in [0.1, 0.15) is 22.3 Å². The van der Waals surface area contributed by atoms with Gasteiger partial charge in [-0.05, 0) is 48.0 Å². The number of H-pyrrole nitrogens is 1. The maximum atomic E-state index is 13.1. The van der Waals surface area contributed by atoms with Crippen LogP contribution in [-0.2, 0) is 25.4 Å². The van der Waals surface area contributed by atoms with Gasteiger partial charge in [0, 0.05) is 18.7 Å². The monoisotopic (exact) mass is 445 g/mol.